The van der Waals surface area contributed by atoms with Crippen LogP contribution in [0.2, 0.25) is 0 Å². The molecule has 0 saturated heterocycles. The van der Waals surface area contributed by atoms with Crippen LogP contribution in [0.4, 0.5) is 18.9 Å². The summed E-state index contributed by atoms with van der Waals surface area (Å²) in [6, 6.07) is 2.09. The Bertz CT molecular complexity index is 1730. The van der Waals surface area contributed by atoms with E-state index < -0.39 is 46.6 Å². The van der Waals surface area contributed by atoms with E-state index in [0.29, 0.717) is 29.8 Å². The molecule has 4 aromatic rings. The molecule has 43 heavy (non-hydrogen) atoms. The van der Waals surface area contributed by atoms with Gasteiger partial charge in [0.2, 0.25) is 11.7 Å². The number of anilines is 1. The second-order valence-corrected chi connectivity index (χ2v) is 11.4. The molecule has 14 heteroatoms. The Morgan fingerprint density at radius 2 is 1.88 bits per heavy atom. The number of benzene rings is 1. The van der Waals surface area contributed by atoms with Crippen LogP contribution in [0.3, 0.4) is 0 Å². The minimum atomic E-state index is -1.33. The highest BCUT2D eigenvalue weighted by atomic mass is 19.2. The van der Waals surface area contributed by atoms with E-state index in [-0.39, 0.29) is 46.6 Å². The van der Waals surface area contributed by atoms with Crippen LogP contribution in [-0.2, 0) is 4.79 Å². The maximum atomic E-state index is 15.3. The molecule has 1 aliphatic carbocycles. The fourth-order valence-corrected chi connectivity index (χ4v) is 5.77. The van der Waals surface area contributed by atoms with Gasteiger partial charge in [-0.1, -0.05) is 25.1 Å². The summed E-state index contributed by atoms with van der Waals surface area (Å²) in [6.45, 7) is 7.06. The quantitative estimate of drug-likeness (QED) is 0.278. The van der Waals surface area contributed by atoms with Gasteiger partial charge >= 0.3 is 0 Å². The van der Waals surface area contributed by atoms with Crippen LogP contribution in [0.5, 0.6) is 5.75 Å². The van der Waals surface area contributed by atoms with Crippen molar-refractivity contribution >= 4 is 17.5 Å². The highest BCUT2D eigenvalue weighted by Gasteiger charge is 2.58. The molecule has 2 aliphatic rings. The number of nitrogens with zero attached hydrogens (tertiary/aromatic N) is 4. The van der Waals surface area contributed by atoms with Gasteiger partial charge in [0.1, 0.15) is 17.4 Å². The summed E-state index contributed by atoms with van der Waals surface area (Å²) < 4.78 is 54.7. The van der Waals surface area contributed by atoms with Gasteiger partial charge in [0, 0.05) is 40.1 Å². The third-order valence-electron chi connectivity index (χ3n) is 8.12. The lowest BCUT2D eigenvalue weighted by Crippen LogP contribution is -2.52. The summed E-state index contributed by atoms with van der Waals surface area (Å²) >= 11 is 0. The van der Waals surface area contributed by atoms with E-state index in [4.69, 9.17) is 9.37 Å². The largest absolute Gasteiger partial charge is 0.489 e. The lowest BCUT2D eigenvalue weighted by molar-refractivity contribution is -0.119. The zero-order chi connectivity index (χ0) is 30.6. The fraction of sp³-hybridized carbons (Fsp3) is 0.379. The number of aromatic amines is 1. The van der Waals surface area contributed by atoms with Crippen LogP contribution in [0.25, 0.3) is 11.3 Å². The first-order valence-corrected chi connectivity index (χ1v) is 13.7. The SMILES string of the molecule is Cc1n[nH]c(C)c1-c1ncc(NC(=O)[C@@H](NC(=O)c2nonc2C(C)C)C2c3ccc(F)c(F)c3OCC23CC3)cc1F. The third-order valence-corrected chi connectivity index (χ3v) is 8.12. The third kappa shape index (κ3) is 4.89. The van der Waals surface area contributed by atoms with Crippen molar-refractivity contribution in [1.82, 2.24) is 30.8 Å². The summed E-state index contributed by atoms with van der Waals surface area (Å²) in [5, 5.41) is 19.8. The molecule has 0 bridgehead atoms. The lowest BCUT2D eigenvalue weighted by atomic mass is 9.75. The van der Waals surface area contributed by atoms with Gasteiger partial charge in [-0.25, -0.2) is 13.4 Å². The van der Waals surface area contributed by atoms with Crippen molar-refractivity contribution in [2.75, 3.05) is 11.9 Å². The molecule has 1 aliphatic heterocycles. The van der Waals surface area contributed by atoms with Crippen LogP contribution in [0.15, 0.2) is 29.0 Å². The summed E-state index contributed by atoms with van der Waals surface area (Å²) in [7, 11) is 0. The predicted molar refractivity (Wildman–Crippen MR) is 146 cm³/mol. The zero-order valence-corrected chi connectivity index (χ0v) is 23.7. The fourth-order valence-electron chi connectivity index (χ4n) is 5.77. The number of rotatable bonds is 7. The van der Waals surface area contributed by atoms with Crippen molar-refractivity contribution in [3.8, 4) is 17.0 Å². The number of nitrogens with one attached hydrogen (secondary N) is 3. The van der Waals surface area contributed by atoms with E-state index in [1.54, 1.807) is 27.7 Å². The number of pyridine rings is 1. The smallest absolute Gasteiger partial charge is 0.276 e. The zero-order valence-electron chi connectivity index (χ0n) is 23.7. The number of hydrogen-bond donors (Lipinski definition) is 3. The van der Waals surface area contributed by atoms with Crippen LogP contribution in [-0.4, -0.2) is 50.0 Å². The van der Waals surface area contributed by atoms with Crippen molar-refractivity contribution in [2.24, 2.45) is 5.41 Å². The topological polar surface area (TPSA) is 148 Å². The molecule has 4 heterocycles. The van der Waals surface area contributed by atoms with E-state index in [1.165, 1.54) is 12.3 Å². The molecule has 1 aromatic carbocycles. The molecule has 224 valence electrons. The van der Waals surface area contributed by atoms with Crippen molar-refractivity contribution in [1.29, 1.82) is 0 Å². The van der Waals surface area contributed by atoms with Crippen molar-refractivity contribution in [2.45, 2.75) is 58.4 Å². The van der Waals surface area contributed by atoms with Gasteiger partial charge in [-0.15, -0.1) is 0 Å². The maximum absolute atomic E-state index is 15.3. The Morgan fingerprint density at radius 3 is 2.53 bits per heavy atom. The molecule has 1 spiro atoms. The number of aryl methyl sites for hydroxylation is 2. The predicted octanol–water partition coefficient (Wildman–Crippen LogP) is 4.71. The Balaban J connectivity index is 1.38. The molecule has 3 N–H and O–H groups in total. The van der Waals surface area contributed by atoms with E-state index in [1.807, 2.05) is 0 Å². The molecule has 1 saturated carbocycles. The van der Waals surface area contributed by atoms with E-state index in [2.05, 4.69) is 36.1 Å². The molecule has 0 radical (unpaired) electrons. The molecule has 11 nitrogen and oxygen atoms in total. The number of halogens is 3. The first kappa shape index (κ1) is 28.4. The minimum absolute atomic E-state index is 0.0156. The monoisotopic (exact) mass is 595 g/mol. The Hall–Kier alpha value is -4.75. The van der Waals surface area contributed by atoms with Crippen molar-refractivity contribution in [3.63, 3.8) is 0 Å². The molecule has 1 fully saturated rings. The molecule has 2 amide bonds. The Labute approximate surface area is 243 Å². The van der Waals surface area contributed by atoms with Gasteiger partial charge in [-0.05, 0) is 37.9 Å². The number of H-pyrrole nitrogens is 1. The lowest BCUT2D eigenvalue weighted by Gasteiger charge is -2.38. The first-order valence-electron chi connectivity index (χ1n) is 13.7. The van der Waals surface area contributed by atoms with Crippen LogP contribution >= 0.6 is 0 Å². The molecule has 3 aromatic heterocycles. The van der Waals surface area contributed by atoms with Gasteiger partial charge < -0.3 is 15.4 Å². The van der Waals surface area contributed by atoms with E-state index in [0.717, 1.165) is 12.1 Å². The Morgan fingerprint density at radius 1 is 1.12 bits per heavy atom. The summed E-state index contributed by atoms with van der Waals surface area (Å²) in [5.41, 5.74) is 1.55. The van der Waals surface area contributed by atoms with E-state index in [9.17, 15) is 18.4 Å². The minimum Gasteiger partial charge on any atom is -0.489 e. The van der Waals surface area contributed by atoms with Crippen molar-refractivity contribution in [3.05, 3.63) is 70.2 Å². The van der Waals surface area contributed by atoms with E-state index >= 15 is 4.39 Å². The highest BCUT2D eigenvalue weighted by Crippen LogP contribution is 2.61. The molecule has 1 unspecified atom stereocenters. The molecule has 2 atom stereocenters. The van der Waals surface area contributed by atoms with Gasteiger partial charge in [0.25, 0.3) is 5.91 Å². The average Bonchev–Trinajstić information content (AvgIpc) is 3.39. The number of fused-ring (bicyclic) bond motifs is 1. The second-order valence-electron chi connectivity index (χ2n) is 11.4. The summed E-state index contributed by atoms with van der Waals surface area (Å²) in [4.78, 5) is 31.7. The van der Waals surface area contributed by atoms with Crippen LogP contribution in [0.1, 0.15) is 71.7 Å². The van der Waals surface area contributed by atoms with Gasteiger partial charge in [0.05, 0.1) is 24.2 Å². The summed E-state index contributed by atoms with van der Waals surface area (Å²) in [5.74, 6) is -5.81. The average molecular weight is 596 g/mol. The number of aromatic nitrogens is 5. The molecule has 6 rings (SSSR count). The number of carbonyl (C=O) groups is 2. The number of carbonyl (C=O) groups excluding carboxylic acids is 2. The number of ether oxygens (including phenoxy) is 1. The van der Waals surface area contributed by atoms with Crippen LogP contribution < -0.4 is 15.4 Å². The second kappa shape index (κ2) is 10.5. The van der Waals surface area contributed by atoms with Crippen LogP contribution in [0, 0.1) is 36.7 Å². The van der Waals surface area contributed by atoms with Gasteiger partial charge in [-0.2, -0.15) is 9.49 Å². The molecular formula is C29H28F3N7O4. The Kier molecular flexibility index (Phi) is 6.93. The highest BCUT2D eigenvalue weighted by molar-refractivity contribution is 6.01. The number of amides is 2. The molecular weight excluding hydrogens is 567 g/mol. The van der Waals surface area contributed by atoms with Gasteiger partial charge in [0.15, 0.2) is 23.1 Å². The van der Waals surface area contributed by atoms with Crippen molar-refractivity contribution < 1.29 is 32.1 Å². The first-order chi connectivity index (χ1) is 20.5. The normalized spacial score (nSPS) is 17.3. The van der Waals surface area contributed by atoms with Gasteiger partial charge in [-0.3, -0.25) is 19.7 Å². The maximum Gasteiger partial charge on any atom is 0.276 e. The number of hydrogen-bond acceptors (Lipinski definition) is 8. The summed E-state index contributed by atoms with van der Waals surface area (Å²) in [6.07, 6.45) is 2.53. The standard InChI is InChI=1S/C29H28F3N7O4/c1-12(2)22-25(39-43-38-22)28(41)35-24(20-16-5-6-17(30)21(32)26(16)42-11-29(20)7-8-29)27(40)34-15-9-18(31)23(33-10-15)19-13(3)36-37-14(19)4/h5-6,9-10,12,20,24H,7-8,11H2,1-4H3,(H,34,40)(H,35,41)(H,36,37)/t20?,24-/m0/s1.